The van der Waals surface area contributed by atoms with Gasteiger partial charge in [0.05, 0.1) is 25.4 Å². The summed E-state index contributed by atoms with van der Waals surface area (Å²) in [5.41, 5.74) is 0. The van der Waals surface area contributed by atoms with Gasteiger partial charge in [0.1, 0.15) is 24.4 Å². The fourth-order valence-electron chi connectivity index (χ4n) is 7.04. The lowest BCUT2D eigenvalue weighted by atomic mass is 9.99. The van der Waals surface area contributed by atoms with E-state index in [9.17, 15) is 30.3 Å². The average molecular weight is 742 g/mol. The van der Waals surface area contributed by atoms with E-state index in [0.29, 0.717) is 6.42 Å². The highest BCUT2D eigenvalue weighted by atomic mass is 16.7. The molecule has 6 N–H and O–H groups in total. The van der Waals surface area contributed by atoms with E-state index in [1.165, 1.54) is 141 Å². The molecule has 52 heavy (non-hydrogen) atoms. The Morgan fingerprint density at radius 2 is 1.06 bits per heavy atom. The molecule has 0 aromatic heterocycles. The molecule has 0 saturated carbocycles. The molecule has 0 aromatic rings. The largest absolute Gasteiger partial charge is 0.394 e. The van der Waals surface area contributed by atoms with Crippen molar-refractivity contribution in [3.8, 4) is 0 Å². The van der Waals surface area contributed by atoms with Gasteiger partial charge in [0.25, 0.3) is 0 Å². The van der Waals surface area contributed by atoms with E-state index in [4.69, 9.17) is 9.47 Å². The molecule has 1 aliphatic rings. The second-order valence-electron chi connectivity index (χ2n) is 15.5. The molecule has 0 spiro atoms. The first-order chi connectivity index (χ1) is 25.3. The maximum Gasteiger partial charge on any atom is 0.220 e. The summed E-state index contributed by atoms with van der Waals surface area (Å²) in [6.07, 6.45) is 31.1. The number of ether oxygens (including phenoxy) is 2. The van der Waals surface area contributed by atoms with Gasteiger partial charge in [-0.05, 0) is 19.3 Å². The van der Waals surface area contributed by atoms with E-state index in [2.05, 4.69) is 19.2 Å². The lowest BCUT2D eigenvalue weighted by molar-refractivity contribution is -0.302. The van der Waals surface area contributed by atoms with Gasteiger partial charge in [-0.3, -0.25) is 4.79 Å². The van der Waals surface area contributed by atoms with Gasteiger partial charge in [-0.2, -0.15) is 0 Å². The van der Waals surface area contributed by atoms with Crippen molar-refractivity contribution in [1.82, 2.24) is 5.32 Å². The van der Waals surface area contributed by atoms with E-state index in [1.807, 2.05) is 6.08 Å². The van der Waals surface area contributed by atoms with Gasteiger partial charge in [0.15, 0.2) is 6.29 Å². The molecule has 9 heteroatoms. The summed E-state index contributed by atoms with van der Waals surface area (Å²) in [6.45, 7) is 3.77. The Kier molecular flexibility index (Phi) is 32.4. The van der Waals surface area contributed by atoms with Crippen LogP contribution in [0.3, 0.4) is 0 Å². The lowest BCUT2D eigenvalue weighted by Crippen LogP contribution is -2.60. The van der Waals surface area contributed by atoms with Crippen molar-refractivity contribution >= 4 is 5.91 Å². The minimum atomic E-state index is -1.56. The summed E-state index contributed by atoms with van der Waals surface area (Å²) >= 11 is 0. The topological polar surface area (TPSA) is 149 Å². The Labute approximate surface area is 318 Å². The van der Waals surface area contributed by atoms with Crippen molar-refractivity contribution in [1.29, 1.82) is 0 Å². The van der Waals surface area contributed by atoms with E-state index in [-0.39, 0.29) is 12.5 Å². The predicted molar refractivity (Wildman–Crippen MR) is 212 cm³/mol. The number of amides is 1. The minimum Gasteiger partial charge on any atom is -0.394 e. The van der Waals surface area contributed by atoms with Crippen LogP contribution >= 0.6 is 0 Å². The van der Waals surface area contributed by atoms with Crippen LogP contribution in [-0.4, -0.2) is 87.5 Å². The van der Waals surface area contributed by atoms with Gasteiger partial charge < -0.3 is 40.3 Å². The SMILES string of the molecule is CCCCCCCCCCCC/C=C/[C@@H](O)[C@H](CO[C@@H]1O[C@H](CO)[C@H](O)C(O)C1O)NC(=O)CCCCCCCCCCCCCCCCCCC. The monoisotopic (exact) mass is 742 g/mol. The van der Waals surface area contributed by atoms with Crippen LogP contribution in [0.2, 0.25) is 0 Å². The fraction of sp³-hybridized carbons (Fsp3) is 0.930. The second kappa shape index (κ2) is 34.4. The predicted octanol–water partition coefficient (Wildman–Crippen LogP) is 8.56. The molecule has 9 nitrogen and oxygen atoms in total. The number of hydrogen-bond donors (Lipinski definition) is 6. The van der Waals surface area contributed by atoms with Gasteiger partial charge >= 0.3 is 0 Å². The van der Waals surface area contributed by atoms with Crippen molar-refractivity contribution in [2.75, 3.05) is 13.2 Å². The van der Waals surface area contributed by atoms with Gasteiger partial charge in [-0.25, -0.2) is 0 Å². The molecule has 1 rings (SSSR count). The second-order valence-corrected chi connectivity index (χ2v) is 15.5. The summed E-state index contributed by atoms with van der Waals surface area (Å²) in [5.74, 6) is -0.175. The molecule has 1 saturated heterocycles. The maximum absolute atomic E-state index is 12.9. The van der Waals surface area contributed by atoms with Crippen LogP contribution in [0.1, 0.15) is 200 Å². The molecular formula is C43H83NO8. The first kappa shape index (κ1) is 48.9. The van der Waals surface area contributed by atoms with Gasteiger partial charge in [0, 0.05) is 6.42 Å². The summed E-state index contributed by atoms with van der Waals surface area (Å²) in [7, 11) is 0. The summed E-state index contributed by atoms with van der Waals surface area (Å²) in [5, 5.41) is 54.0. The highest BCUT2D eigenvalue weighted by Gasteiger charge is 2.44. The number of aliphatic hydroxyl groups is 5. The van der Waals surface area contributed by atoms with Crippen molar-refractivity contribution < 1.29 is 39.8 Å². The third-order valence-electron chi connectivity index (χ3n) is 10.6. The molecule has 0 bridgehead atoms. The zero-order valence-corrected chi connectivity index (χ0v) is 33.6. The number of hydrogen-bond acceptors (Lipinski definition) is 8. The Balaban J connectivity index is 2.36. The molecule has 1 fully saturated rings. The summed E-state index contributed by atoms with van der Waals surface area (Å²) < 4.78 is 11.2. The molecule has 0 aliphatic carbocycles. The van der Waals surface area contributed by atoms with Crippen LogP contribution in [0.4, 0.5) is 0 Å². The number of rotatable bonds is 36. The molecule has 1 amide bonds. The van der Waals surface area contributed by atoms with Crippen molar-refractivity contribution in [3.63, 3.8) is 0 Å². The van der Waals surface area contributed by atoms with E-state index < -0.39 is 49.5 Å². The van der Waals surface area contributed by atoms with Crippen LogP contribution in [0.25, 0.3) is 0 Å². The number of carbonyl (C=O) groups excluding carboxylic acids is 1. The van der Waals surface area contributed by atoms with E-state index in [0.717, 1.165) is 38.5 Å². The Morgan fingerprint density at radius 1 is 0.635 bits per heavy atom. The molecule has 7 atom stereocenters. The first-order valence-corrected chi connectivity index (χ1v) is 21.9. The van der Waals surface area contributed by atoms with Crippen LogP contribution in [0.5, 0.6) is 0 Å². The van der Waals surface area contributed by atoms with Gasteiger partial charge in [-0.1, -0.05) is 187 Å². The minimum absolute atomic E-state index is 0.175. The third kappa shape index (κ3) is 25.1. The zero-order valence-electron chi connectivity index (χ0n) is 33.6. The lowest BCUT2D eigenvalue weighted by Gasteiger charge is -2.40. The average Bonchev–Trinajstić information content (AvgIpc) is 3.14. The quantitative estimate of drug-likeness (QED) is 0.0277. The van der Waals surface area contributed by atoms with E-state index >= 15 is 0 Å². The van der Waals surface area contributed by atoms with Crippen molar-refractivity contribution in [2.24, 2.45) is 0 Å². The number of unbranched alkanes of at least 4 members (excludes halogenated alkanes) is 26. The highest BCUT2D eigenvalue weighted by Crippen LogP contribution is 2.22. The normalized spacial score (nSPS) is 21.9. The number of allylic oxidation sites excluding steroid dienone is 1. The highest BCUT2D eigenvalue weighted by molar-refractivity contribution is 5.76. The zero-order chi connectivity index (χ0) is 38.1. The molecule has 308 valence electrons. The fourth-order valence-corrected chi connectivity index (χ4v) is 7.04. The van der Waals surface area contributed by atoms with Crippen molar-refractivity contribution in [2.45, 2.75) is 243 Å². The Bertz CT molecular complexity index is 827. The Hall–Kier alpha value is -1.07. The van der Waals surface area contributed by atoms with Crippen LogP contribution < -0.4 is 5.32 Å². The summed E-state index contributed by atoms with van der Waals surface area (Å²) in [4.78, 5) is 12.9. The Morgan fingerprint density at radius 3 is 1.50 bits per heavy atom. The molecule has 0 aromatic carbocycles. The molecule has 2 unspecified atom stereocenters. The number of nitrogens with one attached hydrogen (secondary N) is 1. The van der Waals surface area contributed by atoms with Crippen molar-refractivity contribution in [3.05, 3.63) is 12.2 Å². The van der Waals surface area contributed by atoms with Crippen LogP contribution in [0, 0.1) is 0 Å². The molecule has 0 radical (unpaired) electrons. The van der Waals surface area contributed by atoms with Crippen LogP contribution in [-0.2, 0) is 14.3 Å². The maximum atomic E-state index is 12.9. The van der Waals surface area contributed by atoms with Gasteiger partial charge in [-0.15, -0.1) is 0 Å². The number of aliphatic hydroxyl groups excluding tert-OH is 5. The summed E-state index contributed by atoms with van der Waals surface area (Å²) in [6, 6.07) is -0.797. The van der Waals surface area contributed by atoms with Crippen LogP contribution in [0.15, 0.2) is 12.2 Å². The first-order valence-electron chi connectivity index (χ1n) is 21.9. The molecule has 1 aliphatic heterocycles. The standard InChI is InChI=1S/C43H83NO8/c1-3-5-7-9-11-13-15-17-18-19-20-21-23-25-27-29-31-33-39(47)44-36(35-51-43-42(50)41(49)40(48)38(34-45)52-43)37(46)32-30-28-26-24-22-16-14-12-10-8-6-4-2/h30,32,36-38,40-43,45-46,48-50H,3-29,31,33-35H2,1-2H3,(H,44,47)/b32-30+/t36-,37+,38+,40-,41?,42?,43+/m0/s1. The smallest absolute Gasteiger partial charge is 0.220 e. The molecular weight excluding hydrogens is 658 g/mol. The van der Waals surface area contributed by atoms with Gasteiger partial charge in [0.2, 0.25) is 5.91 Å². The number of carbonyl (C=O) groups is 1. The molecule has 1 heterocycles. The van der Waals surface area contributed by atoms with E-state index in [1.54, 1.807) is 6.08 Å². The third-order valence-corrected chi connectivity index (χ3v) is 10.6.